The van der Waals surface area contributed by atoms with Crippen molar-refractivity contribution in [2.24, 2.45) is 0 Å². The second kappa shape index (κ2) is 9.59. The van der Waals surface area contributed by atoms with E-state index in [1.807, 2.05) is 11.3 Å². The number of thiophene rings is 1. The van der Waals surface area contributed by atoms with Gasteiger partial charge in [-0.2, -0.15) is 0 Å². The third-order valence-electron chi connectivity index (χ3n) is 8.54. The summed E-state index contributed by atoms with van der Waals surface area (Å²) in [6, 6.07) is 57.0. The minimum Gasteiger partial charge on any atom is -0.308 e. The molecule has 0 N–H and O–H groups in total. The molecule has 0 radical (unpaired) electrons. The Morgan fingerprint density at radius 2 is 1.07 bits per heavy atom. The first-order chi connectivity index (χ1) is 21.4. The van der Waals surface area contributed by atoms with Gasteiger partial charge < -0.3 is 9.47 Å². The lowest BCUT2D eigenvalue weighted by Gasteiger charge is -2.28. The van der Waals surface area contributed by atoms with Crippen LogP contribution in [0.5, 0.6) is 0 Å². The zero-order chi connectivity index (χ0) is 28.3. The van der Waals surface area contributed by atoms with E-state index >= 15 is 0 Å². The summed E-state index contributed by atoms with van der Waals surface area (Å²) in [4.78, 5) is 2.46. The van der Waals surface area contributed by atoms with Crippen LogP contribution in [0.1, 0.15) is 0 Å². The molecule has 0 bridgehead atoms. The van der Waals surface area contributed by atoms with Crippen LogP contribution < -0.4 is 4.90 Å². The van der Waals surface area contributed by atoms with Gasteiger partial charge in [0.2, 0.25) is 0 Å². The summed E-state index contributed by atoms with van der Waals surface area (Å²) in [6.07, 6.45) is 0. The Morgan fingerprint density at radius 3 is 1.88 bits per heavy atom. The summed E-state index contributed by atoms with van der Waals surface area (Å²) in [5, 5.41) is 7.57. The average molecular weight is 567 g/mol. The van der Waals surface area contributed by atoms with Crippen LogP contribution in [-0.4, -0.2) is 4.57 Å². The van der Waals surface area contributed by atoms with Crippen molar-refractivity contribution in [1.29, 1.82) is 0 Å². The Balaban J connectivity index is 1.41. The molecule has 3 heteroatoms. The highest BCUT2D eigenvalue weighted by molar-refractivity contribution is 7.27. The van der Waals surface area contributed by atoms with Crippen molar-refractivity contribution in [3.63, 3.8) is 0 Å². The van der Waals surface area contributed by atoms with E-state index in [0.717, 1.165) is 5.69 Å². The molecule has 0 aliphatic heterocycles. The lowest BCUT2D eigenvalue weighted by atomic mass is 9.99. The summed E-state index contributed by atoms with van der Waals surface area (Å²) in [7, 11) is 0. The second-order valence-corrected chi connectivity index (χ2v) is 12.0. The molecule has 2 aromatic heterocycles. The molecule has 9 rings (SSSR count). The van der Waals surface area contributed by atoms with Crippen LogP contribution in [-0.2, 0) is 0 Å². The van der Waals surface area contributed by atoms with Crippen molar-refractivity contribution < 1.29 is 0 Å². The smallest absolute Gasteiger partial charge is 0.0728 e. The van der Waals surface area contributed by atoms with E-state index in [-0.39, 0.29) is 0 Å². The molecule has 0 saturated carbocycles. The second-order valence-electron chi connectivity index (χ2n) is 11.0. The summed E-state index contributed by atoms with van der Waals surface area (Å²) < 4.78 is 5.04. The highest BCUT2D eigenvalue weighted by Crippen LogP contribution is 2.49. The van der Waals surface area contributed by atoms with Crippen molar-refractivity contribution in [3.05, 3.63) is 158 Å². The Hall–Kier alpha value is -5.38. The van der Waals surface area contributed by atoms with Crippen LogP contribution in [0.4, 0.5) is 17.1 Å². The number of para-hydroxylation sites is 3. The molecule has 2 nitrogen and oxygen atoms in total. The standard InChI is InChI=1S/C40H26N2S/c1-3-15-28(16-4-1)41(37-26-27-14-7-8-19-30(27)31-20-9-10-21-32(31)37)36-25-13-23-34-38-40(43-39(34)36)33-22-11-12-24-35(33)42(38)29-17-5-2-6-18-29/h1-26H. The molecule has 0 fully saturated rings. The number of nitrogens with zero attached hydrogens (tertiary/aromatic N) is 2. The van der Waals surface area contributed by atoms with Gasteiger partial charge >= 0.3 is 0 Å². The summed E-state index contributed by atoms with van der Waals surface area (Å²) in [5.74, 6) is 0. The number of fused-ring (bicyclic) bond motifs is 8. The van der Waals surface area contributed by atoms with Gasteiger partial charge in [0.1, 0.15) is 0 Å². The molecule has 0 aliphatic rings. The highest BCUT2D eigenvalue weighted by Gasteiger charge is 2.23. The Kier molecular flexibility index (Phi) is 5.40. The van der Waals surface area contributed by atoms with E-state index in [2.05, 4.69) is 167 Å². The normalized spacial score (nSPS) is 11.7. The largest absolute Gasteiger partial charge is 0.308 e. The van der Waals surface area contributed by atoms with E-state index < -0.39 is 0 Å². The van der Waals surface area contributed by atoms with Gasteiger partial charge in [-0.15, -0.1) is 11.3 Å². The molecule has 0 saturated heterocycles. The maximum atomic E-state index is 2.46. The SMILES string of the molecule is c1ccc(N(c2cc3ccccc3c3ccccc23)c2cccc3c2sc2c4ccccc4n(-c4ccccc4)c32)cc1. The van der Waals surface area contributed by atoms with E-state index in [9.17, 15) is 0 Å². The van der Waals surface area contributed by atoms with E-state index in [4.69, 9.17) is 0 Å². The molecule has 2 heterocycles. The molecule has 43 heavy (non-hydrogen) atoms. The Morgan fingerprint density at radius 1 is 0.442 bits per heavy atom. The molecule has 0 amide bonds. The minimum atomic E-state index is 1.14. The fourth-order valence-electron chi connectivity index (χ4n) is 6.70. The van der Waals surface area contributed by atoms with Crippen LogP contribution in [0, 0.1) is 0 Å². The summed E-state index contributed by atoms with van der Waals surface area (Å²) in [6.45, 7) is 0. The maximum Gasteiger partial charge on any atom is 0.0728 e. The van der Waals surface area contributed by atoms with Gasteiger partial charge in [-0.05, 0) is 58.6 Å². The van der Waals surface area contributed by atoms with Gasteiger partial charge in [-0.3, -0.25) is 0 Å². The number of anilines is 3. The quantitative estimate of drug-likeness (QED) is 0.192. The highest BCUT2D eigenvalue weighted by atomic mass is 32.1. The predicted molar refractivity (Wildman–Crippen MR) is 186 cm³/mol. The zero-order valence-electron chi connectivity index (χ0n) is 23.3. The van der Waals surface area contributed by atoms with Gasteiger partial charge in [0.25, 0.3) is 0 Å². The molecule has 0 unspecified atom stereocenters. The topological polar surface area (TPSA) is 8.17 Å². The zero-order valence-corrected chi connectivity index (χ0v) is 24.1. The predicted octanol–water partition coefficient (Wildman–Crippen LogP) is 11.8. The summed E-state index contributed by atoms with van der Waals surface area (Å²) in [5.41, 5.74) is 7.20. The van der Waals surface area contributed by atoms with Crippen LogP contribution in [0.3, 0.4) is 0 Å². The maximum absolute atomic E-state index is 2.46. The van der Waals surface area contributed by atoms with E-state index in [1.165, 1.54) is 69.8 Å². The summed E-state index contributed by atoms with van der Waals surface area (Å²) >= 11 is 1.90. The first-order valence-corrected chi connectivity index (χ1v) is 15.4. The van der Waals surface area contributed by atoms with Crippen LogP contribution in [0.15, 0.2) is 158 Å². The molecule has 0 spiro atoms. The van der Waals surface area contributed by atoms with Gasteiger partial charge in [0.05, 0.1) is 31.8 Å². The average Bonchev–Trinajstić information content (AvgIpc) is 3.61. The van der Waals surface area contributed by atoms with E-state index in [0.29, 0.717) is 0 Å². The first kappa shape index (κ1) is 24.2. The van der Waals surface area contributed by atoms with Crippen molar-refractivity contribution in [2.45, 2.75) is 0 Å². The van der Waals surface area contributed by atoms with Crippen LogP contribution in [0.25, 0.3) is 58.4 Å². The number of hydrogen-bond donors (Lipinski definition) is 0. The van der Waals surface area contributed by atoms with Crippen molar-refractivity contribution in [2.75, 3.05) is 4.90 Å². The fraction of sp³-hybridized carbons (Fsp3) is 0. The number of benzene rings is 7. The van der Waals surface area contributed by atoms with Crippen molar-refractivity contribution in [1.82, 2.24) is 4.57 Å². The van der Waals surface area contributed by atoms with Gasteiger partial charge in [0, 0.05) is 27.5 Å². The van der Waals surface area contributed by atoms with Crippen molar-refractivity contribution in [3.8, 4) is 5.69 Å². The lowest BCUT2D eigenvalue weighted by Crippen LogP contribution is -2.10. The molecule has 0 atom stereocenters. The monoisotopic (exact) mass is 566 g/mol. The number of hydrogen-bond acceptors (Lipinski definition) is 2. The number of aromatic nitrogens is 1. The van der Waals surface area contributed by atoms with Gasteiger partial charge in [-0.25, -0.2) is 0 Å². The third-order valence-corrected chi connectivity index (χ3v) is 9.79. The van der Waals surface area contributed by atoms with E-state index in [1.54, 1.807) is 0 Å². The molecular formula is C40H26N2S. The molecule has 0 aliphatic carbocycles. The Bertz CT molecular complexity index is 2450. The molecular weight excluding hydrogens is 541 g/mol. The molecule has 202 valence electrons. The molecule has 7 aromatic carbocycles. The van der Waals surface area contributed by atoms with Crippen molar-refractivity contribution >= 4 is 81.1 Å². The third kappa shape index (κ3) is 3.65. The van der Waals surface area contributed by atoms with Crippen LogP contribution >= 0.6 is 11.3 Å². The fourth-order valence-corrected chi connectivity index (χ4v) is 8.03. The first-order valence-electron chi connectivity index (χ1n) is 14.6. The lowest BCUT2D eigenvalue weighted by molar-refractivity contribution is 1.19. The Labute approximate surface area is 253 Å². The van der Waals surface area contributed by atoms with Gasteiger partial charge in [-0.1, -0.05) is 115 Å². The minimum absolute atomic E-state index is 1.14. The number of rotatable bonds is 4. The molecule has 9 aromatic rings. The van der Waals surface area contributed by atoms with Crippen LogP contribution in [0.2, 0.25) is 0 Å². The van der Waals surface area contributed by atoms with Gasteiger partial charge in [0.15, 0.2) is 0 Å².